The average Bonchev–Trinajstić information content (AvgIpc) is 2.69. The fraction of sp³-hybridized carbons (Fsp3) is 0.364. The van der Waals surface area contributed by atoms with Crippen LogP contribution in [-0.4, -0.2) is 27.2 Å². The summed E-state index contributed by atoms with van der Waals surface area (Å²) in [6, 6.07) is 3.54. The molecule has 0 amide bonds. The SMILES string of the molecule is CCCOc1ccc2c(C(C)=O)cnn2n1. The van der Waals surface area contributed by atoms with Crippen LogP contribution >= 0.6 is 0 Å². The Morgan fingerprint density at radius 3 is 3.00 bits per heavy atom. The quantitative estimate of drug-likeness (QED) is 0.735. The van der Waals surface area contributed by atoms with E-state index in [1.807, 2.05) is 6.92 Å². The number of nitrogens with zero attached hydrogens (tertiary/aromatic N) is 3. The van der Waals surface area contributed by atoms with Gasteiger partial charge in [0, 0.05) is 6.07 Å². The lowest BCUT2D eigenvalue weighted by Crippen LogP contribution is -2.02. The molecule has 0 bridgehead atoms. The van der Waals surface area contributed by atoms with E-state index < -0.39 is 0 Å². The standard InChI is InChI=1S/C11H13N3O2/c1-3-6-16-11-5-4-10-9(8(2)15)7-12-14(10)13-11/h4-5,7H,3,6H2,1-2H3. The highest BCUT2D eigenvalue weighted by Crippen LogP contribution is 2.13. The van der Waals surface area contributed by atoms with E-state index in [4.69, 9.17) is 4.74 Å². The zero-order valence-electron chi connectivity index (χ0n) is 9.30. The minimum Gasteiger partial charge on any atom is -0.477 e. The van der Waals surface area contributed by atoms with Gasteiger partial charge >= 0.3 is 0 Å². The number of hydrogen-bond acceptors (Lipinski definition) is 4. The Morgan fingerprint density at radius 2 is 2.31 bits per heavy atom. The van der Waals surface area contributed by atoms with Crippen molar-refractivity contribution in [3.63, 3.8) is 0 Å². The topological polar surface area (TPSA) is 56.5 Å². The molecule has 0 aliphatic heterocycles. The van der Waals surface area contributed by atoms with Crippen molar-refractivity contribution < 1.29 is 9.53 Å². The third kappa shape index (κ3) is 1.88. The smallest absolute Gasteiger partial charge is 0.233 e. The Hall–Kier alpha value is -1.91. The Morgan fingerprint density at radius 1 is 1.50 bits per heavy atom. The zero-order chi connectivity index (χ0) is 11.5. The molecule has 0 atom stereocenters. The second kappa shape index (κ2) is 4.30. The Bertz CT molecular complexity index is 519. The fourth-order valence-electron chi connectivity index (χ4n) is 1.42. The highest BCUT2D eigenvalue weighted by molar-refractivity contribution is 6.00. The van der Waals surface area contributed by atoms with Crippen molar-refractivity contribution in [3.8, 4) is 5.88 Å². The van der Waals surface area contributed by atoms with Gasteiger partial charge in [-0.3, -0.25) is 4.79 Å². The van der Waals surface area contributed by atoms with Crippen LogP contribution in [0.1, 0.15) is 30.6 Å². The van der Waals surface area contributed by atoms with Gasteiger partial charge in [0.25, 0.3) is 0 Å². The molecule has 0 radical (unpaired) electrons. The first-order valence-electron chi connectivity index (χ1n) is 5.21. The fourth-order valence-corrected chi connectivity index (χ4v) is 1.42. The predicted molar refractivity (Wildman–Crippen MR) is 58.8 cm³/mol. The van der Waals surface area contributed by atoms with Crippen LogP contribution in [0.15, 0.2) is 18.3 Å². The van der Waals surface area contributed by atoms with Crippen LogP contribution in [-0.2, 0) is 0 Å². The summed E-state index contributed by atoms with van der Waals surface area (Å²) in [5, 5.41) is 8.16. The molecular formula is C11H13N3O2. The Balaban J connectivity index is 2.37. The number of carbonyl (C=O) groups excluding carboxylic acids is 1. The van der Waals surface area contributed by atoms with Crippen LogP contribution in [0.4, 0.5) is 0 Å². The van der Waals surface area contributed by atoms with E-state index in [2.05, 4.69) is 10.2 Å². The summed E-state index contributed by atoms with van der Waals surface area (Å²) in [7, 11) is 0. The van der Waals surface area contributed by atoms with Crippen LogP contribution in [0.5, 0.6) is 5.88 Å². The second-order valence-electron chi connectivity index (χ2n) is 3.51. The molecule has 2 aromatic rings. The number of aromatic nitrogens is 3. The molecule has 0 saturated carbocycles. The van der Waals surface area contributed by atoms with Crippen molar-refractivity contribution >= 4 is 11.3 Å². The summed E-state index contributed by atoms with van der Waals surface area (Å²) >= 11 is 0. The first kappa shape index (κ1) is 10.6. The summed E-state index contributed by atoms with van der Waals surface area (Å²) in [5.41, 5.74) is 1.28. The van der Waals surface area contributed by atoms with Crippen LogP contribution in [0.25, 0.3) is 5.52 Å². The molecule has 84 valence electrons. The van der Waals surface area contributed by atoms with Crippen molar-refractivity contribution in [1.82, 2.24) is 14.8 Å². The number of fused-ring (bicyclic) bond motifs is 1. The van der Waals surface area contributed by atoms with Gasteiger partial charge in [-0.05, 0) is 19.4 Å². The maximum absolute atomic E-state index is 11.3. The minimum atomic E-state index is -0.0148. The molecule has 5 heteroatoms. The number of Topliss-reactive ketones (excluding diaryl/α,β-unsaturated/α-hetero) is 1. The molecule has 5 nitrogen and oxygen atoms in total. The second-order valence-corrected chi connectivity index (χ2v) is 3.51. The Kier molecular flexibility index (Phi) is 2.85. The third-order valence-electron chi connectivity index (χ3n) is 2.20. The van der Waals surface area contributed by atoms with Crippen molar-refractivity contribution in [1.29, 1.82) is 0 Å². The van der Waals surface area contributed by atoms with Gasteiger partial charge in [0.15, 0.2) is 5.78 Å². The number of ketones is 1. The first-order chi connectivity index (χ1) is 7.72. The molecule has 2 aromatic heterocycles. The molecule has 0 aliphatic rings. The highest BCUT2D eigenvalue weighted by atomic mass is 16.5. The minimum absolute atomic E-state index is 0.0148. The van der Waals surface area contributed by atoms with Crippen LogP contribution < -0.4 is 4.74 Å². The number of carbonyl (C=O) groups is 1. The molecule has 2 rings (SSSR count). The van der Waals surface area contributed by atoms with Gasteiger partial charge in [-0.15, -0.1) is 9.73 Å². The molecular weight excluding hydrogens is 206 g/mol. The van der Waals surface area contributed by atoms with Crippen LogP contribution in [0.2, 0.25) is 0 Å². The van der Waals surface area contributed by atoms with E-state index in [1.165, 1.54) is 17.8 Å². The van der Waals surface area contributed by atoms with E-state index >= 15 is 0 Å². The van der Waals surface area contributed by atoms with E-state index in [0.717, 1.165) is 6.42 Å². The van der Waals surface area contributed by atoms with Gasteiger partial charge in [0.1, 0.15) is 0 Å². The van der Waals surface area contributed by atoms with E-state index in [0.29, 0.717) is 23.6 Å². The van der Waals surface area contributed by atoms with Crippen molar-refractivity contribution in [2.24, 2.45) is 0 Å². The molecule has 0 N–H and O–H groups in total. The summed E-state index contributed by atoms with van der Waals surface area (Å²) in [4.78, 5) is 11.3. The normalized spacial score (nSPS) is 10.6. The monoisotopic (exact) mass is 219 g/mol. The number of rotatable bonds is 4. The summed E-state index contributed by atoms with van der Waals surface area (Å²) in [5.74, 6) is 0.506. The molecule has 0 saturated heterocycles. The van der Waals surface area contributed by atoms with Crippen molar-refractivity contribution in [2.75, 3.05) is 6.61 Å². The molecule has 0 spiro atoms. The first-order valence-corrected chi connectivity index (χ1v) is 5.21. The summed E-state index contributed by atoms with van der Waals surface area (Å²) in [6.45, 7) is 4.16. The van der Waals surface area contributed by atoms with Crippen molar-refractivity contribution in [2.45, 2.75) is 20.3 Å². The van der Waals surface area contributed by atoms with Crippen LogP contribution in [0, 0.1) is 0 Å². The lowest BCUT2D eigenvalue weighted by Gasteiger charge is -2.02. The average molecular weight is 219 g/mol. The highest BCUT2D eigenvalue weighted by Gasteiger charge is 2.09. The van der Waals surface area contributed by atoms with Gasteiger partial charge in [-0.2, -0.15) is 5.10 Å². The molecule has 0 fully saturated rings. The molecule has 0 aliphatic carbocycles. The summed E-state index contributed by atoms with van der Waals surface area (Å²) < 4.78 is 6.79. The maximum Gasteiger partial charge on any atom is 0.233 e. The third-order valence-corrected chi connectivity index (χ3v) is 2.20. The Labute approximate surface area is 93.0 Å². The number of ether oxygens (including phenoxy) is 1. The maximum atomic E-state index is 11.3. The lowest BCUT2D eigenvalue weighted by atomic mass is 10.2. The van der Waals surface area contributed by atoms with Crippen LogP contribution in [0.3, 0.4) is 0 Å². The number of hydrogen-bond donors (Lipinski definition) is 0. The van der Waals surface area contributed by atoms with E-state index in [-0.39, 0.29) is 5.78 Å². The summed E-state index contributed by atoms with van der Waals surface area (Å²) in [6.07, 6.45) is 2.45. The van der Waals surface area contributed by atoms with E-state index in [1.54, 1.807) is 12.1 Å². The van der Waals surface area contributed by atoms with Gasteiger partial charge in [0.05, 0.1) is 23.9 Å². The van der Waals surface area contributed by atoms with E-state index in [9.17, 15) is 4.79 Å². The van der Waals surface area contributed by atoms with Crippen molar-refractivity contribution in [3.05, 3.63) is 23.9 Å². The zero-order valence-corrected chi connectivity index (χ0v) is 9.30. The molecule has 16 heavy (non-hydrogen) atoms. The van der Waals surface area contributed by atoms with Gasteiger partial charge in [0.2, 0.25) is 5.88 Å². The lowest BCUT2D eigenvalue weighted by molar-refractivity contribution is 0.101. The molecule has 0 aromatic carbocycles. The van der Waals surface area contributed by atoms with Gasteiger partial charge < -0.3 is 4.74 Å². The predicted octanol–water partition coefficient (Wildman–Crippen LogP) is 1.72. The van der Waals surface area contributed by atoms with Gasteiger partial charge in [-0.25, -0.2) is 0 Å². The molecule has 0 unspecified atom stereocenters. The largest absolute Gasteiger partial charge is 0.477 e. The van der Waals surface area contributed by atoms with Gasteiger partial charge in [-0.1, -0.05) is 6.92 Å². The molecule has 2 heterocycles.